The van der Waals surface area contributed by atoms with E-state index in [-0.39, 0.29) is 11.5 Å². The maximum absolute atomic E-state index is 12.7. The fraction of sp³-hybridized carbons (Fsp3) is 0.0909. The third-order valence-electron chi connectivity index (χ3n) is 2.11. The van der Waals surface area contributed by atoms with Crippen LogP contribution in [0.5, 0.6) is 0 Å². The summed E-state index contributed by atoms with van der Waals surface area (Å²) in [6.45, 7) is 0. The summed E-state index contributed by atoms with van der Waals surface area (Å²) < 4.78 is 17.3. The number of halogens is 1. The zero-order valence-corrected chi connectivity index (χ0v) is 8.92. The molecule has 2 rings (SSSR count). The monoisotopic (exact) mass is 233 g/mol. The number of aromatic nitrogens is 3. The number of esters is 1. The number of carbonyl (C=O) groups is 1. The van der Waals surface area contributed by atoms with E-state index in [4.69, 9.17) is 0 Å². The van der Waals surface area contributed by atoms with Gasteiger partial charge in [0.2, 0.25) is 0 Å². The van der Waals surface area contributed by atoms with Gasteiger partial charge >= 0.3 is 5.97 Å². The van der Waals surface area contributed by atoms with Crippen LogP contribution in [0.3, 0.4) is 0 Å². The Morgan fingerprint density at radius 2 is 1.94 bits per heavy atom. The Kier molecular flexibility index (Phi) is 3.04. The van der Waals surface area contributed by atoms with Crippen molar-refractivity contribution >= 4 is 5.97 Å². The topological polar surface area (TPSA) is 65.0 Å². The Balaban J connectivity index is 2.39. The molecule has 1 heterocycles. The molecule has 0 aliphatic heterocycles. The predicted molar refractivity (Wildman–Crippen MR) is 56.6 cm³/mol. The van der Waals surface area contributed by atoms with E-state index in [2.05, 4.69) is 20.1 Å². The van der Waals surface area contributed by atoms with Crippen LogP contribution in [-0.2, 0) is 4.74 Å². The van der Waals surface area contributed by atoms with Gasteiger partial charge in [-0.05, 0) is 29.5 Å². The van der Waals surface area contributed by atoms with Crippen LogP contribution in [0, 0.1) is 5.82 Å². The van der Waals surface area contributed by atoms with Gasteiger partial charge in [0.1, 0.15) is 5.82 Å². The van der Waals surface area contributed by atoms with Gasteiger partial charge in [-0.25, -0.2) is 9.18 Å². The Morgan fingerprint density at radius 1 is 1.24 bits per heavy atom. The lowest BCUT2D eigenvalue weighted by Crippen LogP contribution is -2.07. The van der Waals surface area contributed by atoms with Crippen molar-refractivity contribution in [1.82, 2.24) is 15.4 Å². The predicted octanol–water partition coefficient (Wildman–Crippen LogP) is 1.46. The molecule has 0 aliphatic carbocycles. The average molecular weight is 233 g/mol. The van der Waals surface area contributed by atoms with Gasteiger partial charge in [-0.15, -0.1) is 10.2 Å². The van der Waals surface area contributed by atoms with Crippen LogP contribution in [0.25, 0.3) is 11.3 Å². The lowest BCUT2D eigenvalue weighted by molar-refractivity contribution is 0.0592. The number of rotatable bonds is 2. The van der Waals surface area contributed by atoms with Crippen LogP contribution in [0.4, 0.5) is 4.39 Å². The average Bonchev–Trinajstić information content (AvgIpc) is 2.39. The quantitative estimate of drug-likeness (QED) is 0.735. The molecule has 0 aliphatic rings. The molecule has 0 atom stereocenters. The van der Waals surface area contributed by atoms with E-state index in [1.165, 1.54) is 25.3 Å². The van der Waals surface area contributed by atoms with E-state index in [9.17, 15) is 9.18 Å². The second kappa shape index (κ2) is 4.65. The maximum Gasteiger partial charge on any atom is 0.358 e. The second-order valence-electron chi connectivity index (χ2n) is 3.20. The molecule has 0 saturated heterocycles. The summed E-state index contributed by atoms with van der Waals surface area (Å²) in [5.74, 6) is -0.938. The first-order chi connectivity index (χ1) is 8.20. The SMILES string of the molecule is COC(=O)c1cc(-c2ccc(F)cc2)nnn1. The van der Waals surface area contributed by atoms with Crippen LogP contribution in [0.15, 0.2) is 30.3 Å². The van der Waals surface area contributed by atoms with E-state index in [1.54, 1.807) is 12.1 Å². The van der Waals surface area contributed by atoms with Crippen LogP contribution < -0.4 is 0 Å². The Morgan fingerprint density at radius 3 is 2.59 bits per heavy atom. The van der Waals surface area contributed by atoms with Gasteiger partial charge in [-0.1, -0.05) is 0 Å². The number of ether oxygens (including phenoxy) is 1. The summed E-state index contributed by atoms with van der Waals surface area (Å²) in [4.78, 5) is 11.2. The summed E-state index contributed by atoms with van der Waals surface area (Å²) in [5.41, 5.74) is 1.13. The third-order valence-corrected chi connectivity index (χ3v) is 2.11. The highest BCUT2D eigenvalue weighted by Gasteiger charge is 2.10. The molecule has 0 radical (unpaired) electrons. The molecule has 86 valence electrons. The van der Waals surface area contributed by atoms with Gasteiger partial charge < -0.3 is 4.74 Å². The van der Waals surface area contributed by atoms with Gasteiger partial charge in [-0.3, -0.25) is 0 Å². The third kappa shape index (κ3) is 2.41. The number of methoxy groups -OCH3 is 1. The van der Waals surface area contributed by atoms with Crippen molar-refractivity contribution in [2.24, 2.45) is 0 Å². The first kappa shape index (κ1) is 11.1. The highest BCUT2D eigenvalue weighted by molar-refractivity contribution is 5.88. The van der Waals surface area contributed by atoms with Crippen LogP contribution in [-0.4, -0.2) is 28.5 Å². The molecular weight excluding hydrogens is 225 g/mol. The van der Waals surface area contributed by atoms with Gasteiger partial charge in [0, 0.05) is 11.6 Å². The van der Waals surface area contributed by atoms with Crippen LogP contribution in [0.2, 0.25) is 0 Å². The van der Waals surface area contributed by atoms with Crippen molar-refractivity contribution in [3.63, 3.8) is 0 Å². The molecule has 0 amide bonds. The number of carbonyl (C=O) groups excluding carboxylic acids is 1. The Labute approximate surface area is 96.3 Å². The van der Waals surface area contributed by atoms with Gasteiger partial charge in [0.15, 0.2) is 5.69 Å². The zero-order chi connectivity index (χ0) is 12.3. The molecule has 1 aromatic carbocycles. The molecule has 0 unspecified atom stereocenters. The molecule has 5 nitrogen and oxygen atoms in total. The molecule has 17 heavy (non-hydrogen) atoms. The van der Waals surface area contributed by atoms with E-state index in [1.807, 2.05) is 0 Å². The van der Waals surface area contributed by atoms with Crippen molar-refractivity contribution in [1.29, 1.82) is 0 Å². The van der Waals surface area contributed by atoms with E-state index < -0.39 is 5.97 Å². The Bertz CT molecular complexity index is 543. The fourth-order valence-corrected chi connectivity index (χ4v) is 1.27. The van der Waals surface area contributed by atoms with Gasteiger partial charge in [0.05, 0.1) is 12.8 Å². The minimum Gasteiger partial charge on any atom is -0.464 e. The Hall–Kier alpha value is -2.37. The largest absolute Gasteiger partial charge is 0.464 e. The molecular formula is C11H8FN3O2. The van der Waals surface area contributed by atoms with E-state index in [0.717, 1.165) is 0 Å². The minimum absolute atomic E-state index is 0.0572. The molecule has 0 spiro atoms. The highest BCUT2D eigenvalue weighted by atomic mass is 19.1. The van der Waals surface area contributed by atoms with E-state index >= 15 is 0 Å². The summed E-state index contributed by atoms with van der Waals surface area (Å²) in [6, 6.07) is 7.12. The first-order valence-electron chi connectivity index (χ1n) is 4.75. The first-order valence-corrected chi connectivity index (χ1v) is 4.75. The second-order valence-corrected chi connectivity index (χ2v) is 3.20. The minimum atomic E-state index is -0.594. The van der Waals surface area contributed by atoms with Crippen LogP contribution in [0.1, 0.15) is 10.5 Å². The fourth-order valence-electron chi connectivity index (χ4n) is 1.27. The molecule has 1 aromatic heterocycles. The smallest absolute Gasteiger partial charge is 0.358 e. The number of nitrogens with zero attached hydrogens (tertiary/aromatic N) is 3. The van der Waals surface area contributed by atoms with Crippen molar-refractivity contribution < 1.29 is 13.9 Å². The van der Waals surface area contributed by atoms with Gasteiger partial charge in [-0.2, -0.15) is 0 Å². The van der Waals surface area contributed by atoms with Crippen molar-refractivity contribution in [3.05, 3.63) is 41.8 Å². The molecule has 0 N–H and O–H groups in total. The number of hydrogen-bond acceptors (Lipinski definition) is 5. The molecule has 6 heteroatoms. The van der Waals surface area contributed by atoms with Crippen molar-refractivity contribution in [2.75, 3.05) is 7.11 Å². The zero-order valence-electron chi connectivity index (χ0n) is 8.92. The summed E-state index contributed by atoms with van der Waals surface area (Å²) in [7, 11) is 1.25. The molecule has 0 saturated carbocycles. The lowest BCUT2D eigenvalue weighted by atomic mass is 10.1. The van der Waals surface area contributed by atoms with Crippen molar-refractivity contribution in [3.8, 4) is 11.3 Å². The van der Waals surface area contributed by atoms with Gasteiger partial charge in [0.25, 0.3) is 0 Å². The lowest BCUT2D eigenvalue weighted by Gasteiger charge is -2.01. The van der Waals surface area contributed by atoms with Crippen molar-refractivity contribution in [2.45, 2.75) is 0 Å². The van der Waals surface area contributed by atoms with E-state index in [0.29, 0.717) is 11.3 Å². The summed E-state index contributed by atoms with van der Waals surface area (Å²) in [6.07, 6.45) is 0. The summed E-state index contributed by atoms with van der Waals surface area (Å²) >= 11 is 0. The standard InChI is InChI=1S/C11H8FN3O2/c1-17-11(16)10-6-9(13-15-14-10)7-2-4-8(12)5-3-7/h2-6H,1H3. The summed E-state index contributed by atoms with van der Waals surface area (Å²) in [5, 5.41) is 10.8. The highest BCUT2D eigenvalue weighted by Crippen LogP contribution is 2.16. The molecule has 2 aromatic rings. The maximum atomic E-state index is 12.7. The molecule has 0 bridgehead atoms. The number of hydrogen-bond donors (Lipinski definition) is 0. The van der Waals surface area contributed by atoms with Crippen LogP contribution >= 0.6 is 0 Å². The normalized spacial score (nSPS) is 10.0. The number of benzene rings is 1. The molecule has 0 fully saturated rings.